The van der Waals surface area contributed by atoms with Crippen LogP contribution in [0.5, 0.6) is 0 Å². The van der Waals surface area contributed by atoms with E-state index in [0.29, 0.717) is 6.42 Å². The van der Waals surface area contributed by atoms with E-state index in [1.165, 1.54) is 0 Å². The Kier molecular flexibility index (Phi) is 7.77. The number of rotatable bonds is 10. The van der Waals surface area contributed by atoms with E-state index in [4.69, 9.17) is 9.84 Å². The van der Waals surface area contributed by atoms with Gasteiger partial charge in [-0.05, 0) is 34.2 Å². The Bertz CT molecular complexity index is 1150. The van der Waals surface area contributed by atoms with Gasteiger partial charge < -0.3 is 20.5 Å². The zero-order chi connectivity index (χ0) is 24.6. The molecule has 0 spiro atoms. The zero-order valence-electron chi connectivity index (χ0n) is 19.3. The van der Waals surface area contributed by atoms with E-state index in [-0.39, 0.29) is 37.8 Å². The summed E-state index contributed by atoms with van der Waals surface area (Å²) in [6.07, 6.45) is -0.252. The van der Waals surface area contributed by atoms with Gasteiger partial charge in [0.2, 0.25) is 5.91 Å². The van der Waals surface area contributed by atoms with Crippen LogP contribution in [0.1, 0.15) is 47.9 Å². The molecule has 1 unspecified atom stereocenters. The van der Waals surface area contributed by atoms with E-state index in [9.17, 15) is 14.4 Å². The van der Waals surface area contributed by atoms with Gasteiger partial charge in [-0.25, -0.2) is 4.79 Å². The fourth-order valence-electron chi connectivity index (χ4n) is 4.44. The maximum Gasteiger partial charge on any atom is 0.407 e. The minimum Gasteiger partial charge on any atom is -0.481 e. The van der Waals surface area contributed by atoms with Gasteiger partial charge in [0, 0.05) is 18.9 Å². The van der Waals surface area contributed by atoms with Gasteiger partial charge >= 0.3 is 12.1 Å². The van der Waals surface area contributed by atoms with Gasteiger partial charge in [-0.2, -0.15) is 0 Å². The van der Waals surface area contributed by atoms with Crippen molar-refractivity contribution in [2.24, 2.45) is 0 Å². The molecule has 7 nitrogen and oxygen atoms in total. The van der Waals surface area contributed by atoms with Crippen LogP contribution < -0.4 is 10.6 Å². The summed E-state index contributed by atoms with van der Waals surface area (Å²) in [6.45, 7) is 0.445. The summed E-state index contributed by atoms with van der Waals surface area (Å²) in [5, 5.41) is 14.3. The van der Waals surface area contributed by atoms with Crippen molar-refractivity contribution in [3.8, 4) is 11.1 Å². The lowest BCUT2D eigenvalue weighted by atomic mass is 9.98. The maximum absolute atomic E-state index is 12.8. The number of alkyl carbamates (subject to hydrolysis) is 1. The standard InChI is InChI=1S/C28H28N2O5/c31-26(29-16-8-15-27(32)33)17-25(19-9-2-1-3-10-19)30-28(34)35-18-24-22-13-6-4-11-20(22)21-12-5-7-14-23(21)24/h1-7,9-14,24-25H,8,15-18H2,(H,29,31)(H,30,34)(H,32,33). The average molecular weight is 473 g/mol. The maximum atomic E-state index is 12.8. The number of fused-ring (bicyclic) bond motifs is 3. The smallest absolute Gasteiger partial charge is 0.407 e. The molecule has 0 heterocycles. The first-order valence-corrected chi connectivity index (χ1v) is 11.7. The van der Waals surface area contributed by atoms with Gasteiger partial charge in [0.1, 0.15) is 6.61 Å². The van der Waals surface area contributed by atoms with E-state index < -0.39 is 18.1 Å². The Balaban J connectivity index is 1.39. The van der Waals surface area contributed by atoms with Gasteiger partial charge in [-0.15, -0.1) is 0 Å². The minimum absolute atomic E-state index is 0.0135. The molecule has 0 radical (unpaired) electrons. The fourth-order valence-corrected chi connectivity index (χ4v) is 4.44. The molecule has 180 valence electrons. The van der Waals surface area contributed by atoms with Crippen molar-refractivity contribution in [3.63, 3.8) is 0 Å². The second kappa shape index (κ2) is 11.3. The number of carboxylic acid groups (broad SMARTS) is 1. The molecule has 0 aromatic heterocycles. The molecule has 1 aliphatic rings. The van der Waals surface area contributed by atoms with Gasteiger partial charge in [-0.1, -0.05) is 78.9 Å². The fraction of sp³-hybridized carbons (Fsp3) is 0.250. The molecule has 1 aliphatic carbocycles. The van der Waals surface area contributed by atoms with Crippen molar-refractivity contribution in [2.75, 3.05) is 13.2 Å². The second-order valence-electron chi connectivity index (χ2n) is 8.48. The Morgan fingerprint density at radius 1 is 0.857 bits per heavy atom. The predicted molar refractivity (Wildman–Crippen MR) is 132 cm³/mol. The van der Waals surface area contributed by atoms with E-state index >= 15 is 0 Å². The largest absolute Gasteiger partial charge is 0.481 e. The molecule has 1 atom stereocenters. The zero-order valence-corrected chi connectivity index (χ0v) is 19.3. The van der Waals surface area contributed by atoms with Crippen LogP contribution >= 0.6 is 0 Å². The molecule has 3 aromatic rings. The summed E-state index contributed by atoms with van der Waals surface area (Å²) in [5.74, 6) is -1.23. The van der Waals surface area contributed by atoms with E-state index in [0.717, 1.165) is 27.8 Å². The quantitative estimate of drug-likeness (QED) is 0.373. The molecule has 3 N–H and O–H groups in total. The molecule has 3 aromatic carbocycles. The second-order valence-corrected chi connectivity index (χ2v) is 8.48. The third-order valence-corrected chi connectivity index (χ3v) is 6.12. The number of hydrogen-bond acceptors (Lipinski definition) is 4. The molecule has 0 fully saturated rings. The van der Waals surface area contributed by atoms with Crippen LogP contribution in [0.2, 0.25) is 0 Å². The number of aliphatic carboxylic acids is 1. The monoisotopic (exact) mass is 472 g/mol. The van der Waals surface area contributed by atoms with Crippen LogP contribution in [0.4, 0.5) is 4.79 Å². The first-order valence-electron chi connectivity index (χ1n) is 11.7. The highest BCUT2D eigenvalue weighted by Gasteiger charge is 2.29. The van der Waals surface area contributed by atoms with Crippen LogP contribution in [0.25, 0.3) is 11.1 Å². The van der Waals surface area contributed by atoms with E-state index in [1.54, 1.807) is 0 Å². The number of carbonyl (C=O) groups is 3. The van der Waals surface area contributed by atoms with Gasteiger partial charge in [-0.3, -0.25) is 9.59 Å². The molecule has 35 heavy (non-hydrogen) atoms. The highest BCUT2D eigenvalue weighted by Crippen LogP contribution is 2.44. The average Bonchev–Trinajstić information content (AvgIpc) is 3.19. The first kappa shape index (κ1) is 24.0. The molecule has 0 saturated heterocycles. The molecular weight excluding hydrogens is 444 g/mol. The third kappa shape index (κ3) is 6.06. The van der Waals surface area contributed by atoms with Crippen molar-refractivity contribution in [3.05, 3.63) is 95.6 Å². The Labute approximate surface area is 204 Å². The van der Waals surface area contributed by atoms with Crippen molar-refractivity contribution >= 4 is 18.0 Å². The molecule has 4 rings (SSSR count). The Hall–Kier alpha value is -4.13. The van der Waals surface area contributed by atoms with Crippen LogP contribution in [-0.2, 0) is 14.3 Å². The normalized spacial score (nSPS) is 12.8. The number of amides is 2. The number of carboxylic acids is 1. The van der Waals surface area contributed by atoms with Crippen molar-refractivity contribution < 1.29 is 24.2 Å². The van der Waals surface area contributed by atoms with Crippen LogP contribution in [-0.4, -0.2) is 36.2 Å². The van der Waals surface area contributed by atoms with Crippen molar-refractivity contribution in [1.82, 2.24) is 10.6 Å². The molecule has 7 heteroatoms. The summed E-state index contributed by atoms with van der Waals surface area (Å²) in [6, 6.07) is 24.9. The van der Waals surface area contributed by atoms with Crippen molar-refractivity contribution in [2.45, 2.75) is 31.2 Å². The highest BCUT2D eigenvalue weighted by atomic mass is 16.5. The Morgan fingerprint density at radius 3 is 2.09 bits per heavy atom. The molecular formula is C28H28N2O5. The van der Waals surface area contributed by atoms with Crippen LogP contribution in [0.15, 0.2) is 78.9 Å². The minimum atomic E-state index is -0.904. The lowest BCUT2D eigenvalue weighted by Crippen LogP contribution is -2.35. The first-order chi connectivity index (χ1) is 17.0. The summed E-state index contributed by atoms with van der Waals surface area (Å²) in [4.78, 5) is 35.9. The molecule has 2 amide bonds. The molecule has 0 bridgehead atoms. The highest BCUT2D eigenvalue weighted by molar-refractivity contribution is 5.80. The lowest BCUT2D eigenvalue weighted by Gasteiger charge is -2.20. The van der Waals surface area contributed by atoms with Gasteiger partial charge in [0.05, 0.1) is 12.5 Å². The van der Waals surface area contributed by atoms with Crippen molar-refractivity contribution in [1.29, 1.82) is 0 Å². The number of benzene rings is 3. The van der Waals surface area contributed by atoms with E-state index in [1.807, 2.05) is 54.6 Å². The molecule has 0 saturated carbocycles. The molecule has 0 aliphatic heterocycles. The number of ether oxygens (including phenoxy) is 1. The topological polar surface area (TPSA) is 105 Å². The van der Waals surface area contributed by atoms with Gasteiger partial charge in [0.15, 0.2) is 0 Å². The SMILES string of the molecule is O=C(O)CCCNC(=O)CC(NC(=O)OCC1c2ccccc2-c2ccccc21)c1ccccc1. The third-order valence-electron chi connectivity index (χ3n) is 6.12. The Morgan fingerprint density at radius 2 is 1.46 bits per heavy atom. The summed E-state index contributed by atoms with van der Waals surface area (Å²) in [5.41, 5.74) is 5.34. The summed E-state index contributed by atoms with van der Waals surface area (Å²) < 4.78 is 5.65. The lowest BCUT2D eigenvalue weighted by molar-refractivity contribution is -0.137. The summed E-state index contributed by atoms with van der Waals surface area (Å²) >= 11 is 0. The number of hydrogen-bond donors (Lipinski definition) is 3. The number of carbonyl (C=O) groups excluding carboxylic acids is 2. The van der Waals surface area contributed by atoms with Crippen LogP contribution in [0.3, 0.4) is 0 Å². The van der Waals surface area contributed by atoms with E-state index in [2.05, 4.69) is 34.9 Å². The summed E-state index contributed by atoms with van der Waals surface area (Å²) in [7, 11) is 0. The van der Waals surface area contributed by atoms with Crippen LogP contribution in [0, 0.1) is 0 Å². The predicted octanol–water partition coefficient (Wildman–Crippen LogP) is 4.64. The van der Waals surface area contributed by atoms with Gasteiger partial charge in [0.25, 0.3) is 0 Å². The number of nitrogens with one attached hydrogen (secondary N) is 2.